The van der Waals surface area contributed by atoms with Gasteiger partial charge in [-0.05, 0) is 54.3 Å². The first-order valence-corrected chi connectivity index (χ1v) is 8.06. The molecule has 0 amide bonds. The largest absolute Gasteiger partial charge is 0.496 e. The van der Waals surface area contributed by atoms with E-state index in [-0.39, 0.29) is 6.04 Å². The predicted molar refractivity (Wildman–Crippen MR) is 92.5 cm³/mol. The first-order valence-electron chi connectivity index (χ1n) is 6.51. The molecule has 2 aromatic rings. The van der Waals surface area contributed by atoms with Gasteiger partial charge in [-0.2, -0.15) is 0 Å². The minimum absolute atomic E-state index is 0.0227. The highest BCUT2D eigenvalue weighted by molar-refractivity contribution is 9.10. The molecular formula is C16H16BrCl2NO. The zero-order valence-corrected chi connectivity index (χ0v) is 14.7. The smallest absolute Gasteiger partial charge is 0.122 e. The normalized spacial score (nSPS) is 12.2. The third-order valence-corrected chi connectivity index (χ3v) is 4.44. The van der Waals surface area contributed by atoms with Crippen LogP contribution in [0.1, 0.15) is 11.1 Å². The number of nitrogens with two attached hydrogens (primary N) is 1. The Hall–Kier alpha value is -0.740. The first kappa shape index (κ1) is 16.6. The van der Waals surface area contributed by atoms with Crippen LogP contribution in [0.2, 0.25) is 10.0 Å². The van der Waals surface area contributed by atoms with Gasteiger partial charge < -0.3 is 10.5 Å². The monoisotopic (exact) mass is 387 g/mol. The van der Waals surface area contributed by atoms with E-state index in [2.05, 4.69) is 15.9 Å². The molecule has 0 saturated heterocycles. The molecule has 112 valence electrons. The van der Waals surface area contributed by atoms with Crippen LogP contribution in [0.5, 0.6) is 5.75 Å². The molecule has 21 heavy (non-hydrogen) atoms. The maximum atomic E-state index is 6.25. The molecule has 0 spiro atoms. The number of halogens is 3. The third kappa shape index (κ3) is 4.62. The second-order valence-corrected chi connectivity index (χ2v) is 6.60. The van der Waals surface area contributed by atoms with Crippen molar-refractivity contribution in [2.24, 2.45) is 5.73 Å². The molecule has 0 aliphatic heterocycles. The topological polar surface area (TPSA) is 35.2 Å². The van der Waals surface area contributed by atoms with E-state index in [1.54, 1.807) is 13.2 Å². The Morgan fingerprint density at radius 3 is 2.52 bits per heavy atom. The van der Waals surface area contributed by atoms with Crippen molar-refractivity contribution in [3.8, 4) is 5.75 Å². The van der Waals surface area contributed by atoms with E-state index in [1.807, 2.05) is 30.3 Å². The zero-order valence-electron chi connectivity index (χ0n) is 11.6. The maximum absolute atomic E-state index is 6.25. The summed E-state index contributed by atoms with van der Waals surface area (Å²) in [5.74, 6) is 0.850. The van der Waals surface area contributed by atoms with Gasteiger partial charge in [0.05, 0.1) is 17.2 Å². The summed E-state index contributed by atoms with van der Waals surface area (Å²) < 4.78 is 6.39. The standard InChI is InChI=1S/C16H16BrCl2NO/c1-21-16-5-3-12(17)8-11(16)9-13(20)6-10-2-4-14(18)15(19)7-10/h2-5,7-8,13H,6,9,20H2,1H3. The van der Waals surface area contributed by atoms with Gasteiger partial charge in [0.2, 0.25) is 0 Å². The van der Waals surface area contributed by atoms with Crippen molar-refractivity contribution in [1.29, 1.82) is 0 Å². The lowest BCUT2D eigenvalue weighted by Crippen LogP contribution is -2.25. The van der Waals surface area contributed by atoms with E-state index in [0.29, 0.717) is 10.0 Å². The van der Waals surface area contributed by atoms with Crippen LogP contribution in [0, 0.1) is 0 Å². The Labute approximate surface area is 143 Å². The van der Waals surface area contributed by atoms with Crippen molar-refractivity contribution in [1.82, 2.24) is 0 Å². The molecule has 0 aliphatic rings. The van der Waals surface area contributed by atoms with Gasteiger partial charge in [0, 0.05) is 10.5 Å². The molecule has 0 bridgehead atoms. The van der Waals surface area contributed by atoms with E-state index in [9.17, 15) is 0 Å². The van der Waals surface area contributed by atoms with Crippen LogP contribution in [0.3, 0.4) is 0 Å². The van der Waals surface area contributed by atoms with Crippen molar-refractivity contribution < 1.29 is 4.74 Å². The molecule has 0 aromatic heterocycles. The molecular weight excluding hydrogens is 373 g/mol. The molecule has 0 aliphatic carbocycles. The second-order valence-electron chi connectivity index (χ2n) is 4.87. The number of hydrogen-bond acceptors (Lipinski definition) is 2. The number of ether oxygens (including phenoxy) is 1. The number of methoxy groups -OCH3 is 1. The molecule has 0 saturated carbocycles. The first-order chi connectivity index (χ1) is 9.99. The van der Waals surface area contributed by atoms with E-state index >= 15 is 0 Å². The lowest BCUT2D eigenvalue weighted by atomic mass is 9.99. The van der Waals surface area contributed by atoms with E-state index in [0.717, 1.165) is 34.2 Å². The highest BCUT2D eigenvalue weighted by Crippen LogP contribution is 2.26. The predicted octanol–water partition coefficient (Wildman–Crippen LogP) is 4.88. The summed E-state index contributed by atoms with van der Waals surface area (Å²) in [6.07, 6.45) is 1.45. The number of hydrogen-bond donors (Lipinski definition) is 1. The molecule has 0 fully saturated rings. The van der Waals surface area contributed by atoms with E-state index in [4.69, 9.17) is 33.7 Å². The highest BCUT2D eigenvalue weighted by Gasteiger charge is 2.11. The summed E-state index contributed by atoms with van der Waals surface area (Å²) in [5, 5.41) is 1.11. The van der Waals surface area contributed by atoms with Crippen molar-refractivity contribution in [2.75, 3.05) is 7.11 Å². The van der Waals surface area contributed by atoms with Crippen molar-refractivity contribution in [3.05, 3.63) is 62.0 Å². The lowest BCUT2D eigenvalue weighted by molar-refractivity contribution is 0.407. The summed E-state index contributed by atoms with van der Waals surface area (Å²) in [6, 6.07) is 11.5. The van der Waals surface area contributed by atoms with Crippen molar-refractivity contribution in [2.45, 2.75) is 18.9 Å². The summed E-state index contributed by atoms with van der Waals surface area (Å²) in [6.45, 7) is 0. The molecule has 2 nitrogen and oxygen atoms in total. The van der Waals surface area contributed by atoms with Gasteiger partial charge in [-0.1, -0.05) is 45.2 Å². The number of rotatable bonds is 5. The van der Waals surface area contributed by atoms with E-state index < -0.39 is 0 Å². The quantitative estimate of drug-likeness (QED) is 0.792. The van der Waals surface area contributed by atoms with Crippen LogP contribution in [0.4, 0.5) is 0 Å². The summed E-state index contributed by atoms with van der Waals surface area (Å²) in [4.78, 5) is 0. The van der Waals surface area contributed by atoms with Crippen molar-refractivity contribution in [3.63, 3.8) is 0 Å². The molecule has 2 aromatic carbocycles. The van der Waals surface area contributed by atoms with Gasteiger partial charge in [0.15, 0.2) is 0 Å². The van der Waals surface area contributed by atoms with Crippen LogP contribution >= 0.6 is 39.1 Å². The molecule has 0 heterocycles. The summed E-state index contributed by atoms with van der Waals surface area (Å²) in [5.41, 5.74) is 8.41. The lowest BCUT2D eigenvalue weighted by Gasteiger charge is -2.15. The molecule has 0 radical (unpaired) electrons. The zero-order chi connectivity index (χ0) is 15.4. The van der Waals surface area contributed by atoms with Crippen LogP contribution in [-0.4, -0.2) is 13.2 Å². The van der Waals surface area contributed by atoms with Gasteiger partial charge in [-0.25, -0.2) is 0 Å². The van der Waals surface area contributed by atoms with Crippen LogP contribution < -0.4 is 10.5 Å². The molecule has 1 unspecified atom stereocenters. The van der Waals surface area contributed by atoms with Gasteiger partial charge in [-0.15, -0.1) is 0 Å². The Balaban J connectivity index is 2.09. The Morgan fingerprint density at radius 1 is 1.10 bits per heavy atom. The summed E-state index contributed by atoms with van der Waals surface area (Å²) in [7, 11) is 1.66. The average molecular weight is 389 g/mol. The SMILES string of the molecule is COc1ccc(Br)cc1CC(N)Cc1ccc(Cl)c(Cl)c1. The Morgan fingerprint density at radius 2 is 1.86 bits per heavy atom. The molecule has 2 rings (SSSR count). The molecule has 5 heteroatoms. The van der Waals surface area contributed by atoms with Crippen molar-refractivity contribution >= 4 is 39.1 Å². The van der Waals surface area contributed by atoms with Crippen LogP contribution in [-0.2, 0) is 12.8 Å². The Bertz CT molecular complexity index is 634. The van der Waals surface area contributed by atoms with Gasteiger partial charge in [0.25, 0.3) is 0 Å². The Kier molecular flexibility index (Phi) is 5.94. The molecule has 2 N–H and O–H groups in total. The van der Waals surface area contributed by atoms with E-state index in [1.165, 1.54) is 0 Å². The second kappa shape index (κ2) is 7.50. The van der Waals surface area contributed by atoms with Crippen LogP contribution in [0.15, 0.2) is 40.9 Å². The number of benzene rings is 2. The van der Waals surface area contributed by atoms with Gasteiger partial charge >= 0.3 is 0 Å². The summed E-state index contributed by atoms with van der Waals surface area (Å²) >= 11 is 15.4. The van der Waals surface area contributed by atoms with Gasteiger partial charge in [-0.3, -0.25) is 0 Å². The maximum Gasteiger partial charge on any atom is 0.122 e. The minimum atomic E-state index is -0.0227. The minimum Gasteiger partial charge on any atom is -0.496 e. The fourth-order valence-electron chi connectivity index (χ4n) is 2.23. The molecule has 1 atom stereocenters. The fourth-order valence-corrected chi connectivity index (χ4v) is 2.96. The fraction of sp³-hybridized carbons (Fsp3) is 0.250. The van der Waals surface area contributed by atoms with Gasteiger partial charge in [0.1, 0.15) is 5.75 Å². The third-order valence-electron chi connectivity index (χ3n) is 3.21. The van der Waals surface area contributed by atoms with Crippen LogP contribution in [0.25, 0.3) is 0 Å². The average Bonchev–Trinajstić information content (AvgIpc) is 2.43. The highest BCUT2D eigenvalue weighted by atomic mass is 79.9.